The minimum absolute atomic E-state index is 0.00145. The number of hydrogen-bond acceptors (Lipinski definition) is 10. The van der Waals surface area contributed by atoms with Gasteiger partial charge in [0.2, 0.25) is 23.6 Å². The average molecular weight is 782 g/mol. The van der Waals surface area contributed by atoms with Crippen LogP contribution in [0.4, 0.5) is 0 Å². The van der Waals surface area contributed by atoms with Crippen molar-refractivity contribution >= 4 is 29.6 Å². The molecule has 0 fully saturated rings. The summed E-state index contributed by atoms with van der Waals surface area (Å²) in [5.74, 6) is -2.87. The molecule has 0 radical (unpaired) electrons. The monoisotopic (exact) mass is 781 g/mol. The smallest absolute Gasteiger partial charge is 0.303 e. The lowest BCUT2D eigenvalue weighted by Gasteiger charge is -2.24. The van der Waals surface area contributed by atoms with E-state index in [0.717, 1.165) is 48.0 Å². The summed E-state index contributed by atoms with van der Waals surface area (Å²) in [7, 11) is 0. The second-order valence-corrected chi connectivity index (χ2v) is 14.1. The van der Waals surface area contributed by atoms with Crippen LogP contribution in [0.3, 0.4) is 0 Å². The highest BCUT2D eigenvalue weighted by atomic mass is 16.5. The highest BCUT2D eigenvalue weighted by molar-refractivity contribution is 5.90. The minimum atomic E-state index is -1.93. The van der Waals surface area contributed by atoms with E-state index >= 15 is 0 Å². The maximum absolute atomic E-state index is 13.8. The number of aliphatic carboxylic acids is 1. The van der Waals surface area contributed by atoms with Gasteiger partial charge in [0.25, 0.3) is 0 Å². The van der Waals surface area contributed by atoms with Gasteiger partial charge in [0, 0.05) is 45.3 Å². The highest BCUT2D eigenvalue weighted by Gasteiger charge is 2.28. The molecular formula is C41H63N7O8. The molecule has 2 aliphatic carbocycles. The van der Waals surface area contributed by atoms with E-state index in [2.05, 4.69) is 39.2 Å². The molecule has 0 aromatic rings. The number of unbranched alkanes of at least 4 members (excludes halogenated alkanes) is 3. The van der Waals surface area contributed by atoms with Gasteiger partial charge in [-0.05, 0) is 86.1 Å². The molecule has 15 nitrogen and oxygen atoms in total. The molecule has 0 aliphatic heterocycles. The summed E-state index contributed by atoms with van der Waals surface area (Å²) < 4.78 is 0. The molecule has 15 heteroatoms. The second-order valence-electron chi connectivity index (χ2n) is 14.1. The minimum Gasteiger partial charge on any atom is -0.481 e. The summed E-state index contributed by atoms with van der Waals surface area (Å²) in [6.45, 7) is 6.44. The van der Waals surface area contributed by atoms with Crippen molar-refractivity contribution in [2.24, 2.45) is 11.5 Å². The van der Waals surface area contributed by atoms with Crippen molar-refractivity contribution in [2.45, 2.75) is 128 Å². The third-order valence-electron chi connectivity index (χ3n) is 9.15. The van der Waals surface area contributed by atoms with Crippen LogP contribution in [0.5, 0.6) is 0 Å². The lowest BCUT2D eigenvalue weighted by atomic mass is 9.96. The SMILES string of the molecule is CC=C(C=C(CC(NC(=O)C(N)CCNCC(N)CCCCCC)C(=O)NCCC(NC(=O)CCCC(=O)O)C(O)O)C1=CC1)C1=CC=C=C(NC(C)=O)C=C1. The first-order valence-electron chi connectivity index (χ1n) is 19.6. The number of hydrogen-bond donors (Lipinski definition) is 10. The molecule has 12 N–H and O–H groups in total. The van der Waals surface area contributed by atoms with Crippen molar-refractivity contribution < 1.29 is 39.3 Å². The van der Waals surface area contributed by atoms with Crippen LogP contribution in [0, 0.1) is 0 Å². The van der Waals surface area contributed by atoms with Crippen molar-refractivity contribution in [2.75, 3.05) is 19.6 Å². The Hall–Kier alpha value is -4.63. The molecule has 0 saturated heterocycles. The third kappa shape index (κ3) is 19.8. The van der Waals surface area contributed by atoms with Crippen LogP contribution >= 0.6 is 0 Å². The summed E-state index contributed by atoms with van der Waals surface area (Å²) in [6, 6.07) is -3.10. The first-order valence-corrected chi connectivity index (χ1v) is 19.6. The Bertz CT molecular complexity index is 1570. The highest BCUT2D eigenvalue weighted by Crippen LogP contribution is 2.33. The van der Waals surface area contributed by atoms with E-state index in [0.29, 0.717) is 31.6 Å². The van der Waals surface area contributed by atoms with Gasteiger partial charge in [-0.2, -0.15) is 0 Å². The normalized spacial score (nSPS) is 16.1. The Kier molecular flexibility index (Phi) is 22.3. The first-order chi connectivity index (χ1) is 26.7. The Balaban J connectivity index is 2.18. The molecule has 0 heterocycles. The molecule has 4 unspecified atom stereocenters. The zero-order valence-corrected chi connectivity index (χ0v) is 33.1. The number of nitrogens with two attached hydrogens (primary N) is 2. The molecule has 0 aromatic carbocycles. The fourth-order valence-electron chi connectivity index (χ4n) is 5.84. The Morgan fingerprint density at radius 3 is 2.34 bits per heavy atom. The van der Waals surface area contributed by atoms with E-state index in [1.807, 2.05) is 37.3 Å². The van der Waals surface area contributed by atoms with Gasteiger partial charge in [-0.3, -0.25) is 24.0 Å². The number of amides is 4. The lowest BCUT2D eigenvalue weighted by Crippen LogP contribution is -2.53. The van der Waals surface area contributed by atoms with Crippen LogP contribution in [-0.4, -0.2) is 95.0 Å². The lowest BCUT2D eigenvalue weighted by molar-refractivity contribution is -0.137. The molecule has 56 heavy (non-hydrogen) atoms. The molecule has 4 amide bonds. The summed E-state index contributed by atoms with van der Waals surface area (Å²) >= 11 is 0. The van der Waals surface area contributed by atoms with Gasteiger partial charge in [-0.1, -0.05) is 62.6 Å². The number of carboxylic acid groups (broad SMARTS) is 1. The van der Waals surface area contributed by atoms with Gasteiger partial charge in [0.05, 0.1) is 17.8 Å². The van der Waals surface area contributed by atoms with E-state index in [-0.39, 0.29) is 50.6 Å². The number of aliphatic hydroxyl groups excluding tert-OH is 1. The molecular weight excluding hydrogens is 718 g/mol. The molecule has 2 aliphatic rings. The van der Waals surface area contributed by atoms with Crippen molar-refractivity contribution in [1.29, 1.82) is 0 Å². The number of nitrogens with one attached hydrogen (secondary N) is 5. The Labute approximate surface area is 330 Å². The largest absolute Gasteiger partial charge is 0.481 e. The van der Waals surface area contributed by atoms with E-state index in [1.165, 1.54) is 13.3 Å². The molecule has 4 atom stereocenters. The van der Waals surface area contributed by atoms with Gasteiger partial charge in [-0.25, -0.2) is 0 Å². The topological polar surface area (TPSA) is 258 Å². The van der Waals surface area contributed by atoms with Gasteiger partial charge >= 0.3 is 5.97 Å². The van der Waals surface area contributed by atoms with Gasteiger partial charge in [0.1, 0.15) is 6.04 Å². The predicted octanol–water partition coefficient (Wildman–Crippen LogP) is 1.90. The second kappa shape index (κ2) is 26.3. The van der Waals surface area contributed by atoms with Crippen molar-refractivity contribution in [3.63, 3.8) is 0 Å². The van der Waals surface area contributed by atoms with E-state index in [4.69, 9.17) is 16.6 Å². The van der Waals surface area contributed by atoms with Crippen LogP contribution < -0.4 is 38.1 Å². The summed E-state index contributed by atoms with van der Waals surface area (Å²) in [4.78, 5) is 61.8. The summed E-state index contributed by atoms with van der Waals surface area (Å²) in [5.41, 5.74) is 19.6. The van der Waals surface area contributed by atoms with Crippen LogP contribution in [0.25, 0.3) is 0 Å². The first kappa shape index (κ1) is 47.5. The molecule has 0 aromatic heterocycles. The Morgan fingerprint density at radius 2 is 1.70 bits per heavy atom. The quantitative estimate of drug-likeness (QED) is 0.0237. The van der Waals surface area contributed by atoms with Crippen molar-refractivity contribution in [1.82, 2.24) is 26.6 Å². The van der Waals surface area contributed by atoms with Crippen LogP contribution in [-0.2, 0) is 24.0 Å². The van der Waals surface area contributed by atoms with Gasteiger partial charge in [0.15, 0.2) is 6.29 Å². The molecule has 0 spiro atoms. The van der Waals surface area contributed by atoms with E-state index < -0.39 is 48.1 Å². The number of rotatable bonds is 28. The van der Waals surface area contributed by atoms with E-state index in [9.17, 15) is 34.2 Å². The summed E-state index contributed by atoms with van der Waals surface area (Å²) in [6.07, 6.45) is 17.4. The van der Waals surface area contributed by atoms with Crippen LogP contribution in [0.1, 0.15) is 97.8 Å². The van der Waals surface area contributed by atoms with Crippen molar-refractivity contribution in [3.8, 4) is 0 Å². The fourth-order valence-corrected chi connectivity index (χ4v) is 5.84. The average Bonchev–Trinajstić information content (AvgIpc) is 4.01. The molecule has 310 valence electrons. The van der Waals surface area contributed by atoms with Crippen molar-refractivity contribution in [3.05, 3.63) is 76.3 Å². The van der Waals surface area contributed by atoms with E-state index in [1.54, 1.807) is 12.2 Å². The molecule has 0 saturated carbocycles. The van der Waals surface area contributed by atoms with Crippen LogP contribution in [0.15, 0.2) is 76.3 Å². The van der Waals surface area contributed by atoms with Gasteiger partial charge in [-0.15, -0.1) is 0 Å². The molecule has 2 rings (SSSR count). The summed E-state index contributed by atoms with van der Waals surface area (Å²) in [5, 5.41) is 42.6. The number of carbonyl (C=O) groups excluding carboxylic acids is 4. The zero-order valence-electron chi connectivity index (χ0n) is 33.1. The maximum atomic E-state index is 13.8. The van der Waals surface area contributed by atoms with Crippen LogP contribution in [0.2, 0.25) is 0 Å². The predicted molar refractivity (Wildman–Crippen MR) is 215 cm³/mol. The number of aliphatic hydroxyl groups is 2. The number of carboxylic acids is 1. The fraction of sp³-hybridized carbons (Fsp3) is 0.561. The number of carbonyl (C=O) groups is 5. The third-order valence-corrected chi connectivity index (χ3v) is 9.15. The molecule has 0 bridgehead atoms. The Morgan fingerprint density at radius 1 is 0.946 bits per heavy atom. The maximum Gasteiger partial charge on any atom is 0.303 e. The standard InChI is InChI=1S/C41H63N7O8/c1-4-6-7-8-12-32(42)26-44-22-20-34(43)39(53)48-36(40(54)45-23-21-35(41(55)56)47-37(50)14-10-15-38(51)52)25-31(30-16-17-30)24-28(5-2)29-11-9-13-33(19-18-29)46-27(3)49/h5,9,11,16,18-19,24,32,34-36,41,44,55-56H,4,6-8,10,12,14-15,17,20-23,25-26,42-43H2,1-3H3,(H,45,54)(H,46,49)(H,47,50)(H,48,53)(H,51,52). The zero-order chi connectivity index (χ0) is 41.5. The van der Waals surface area contributed by atoms with Gasteiger partial charge < -0.3 is 53.4 Å². The number of allylic oxidation sites excluding steroid dienone is 9.